The number of hydrogen-bond acceptors (Lipinski definition) is 4. The quantitative estimate of drug-likeness (QED) is 0.851. The van der Waals surface area contributed by atoms with E-state index in [9.17, 15) is 4.79 Å². The average Bonchev–Trinajstić information content (AvgIpc) is 3.09. The number of aryl methyl sites for hydroxylation is 1. The molecule has 7 heteroatoms. The van der Waals surface area contributed by atoms with Crippen LogP contribution in [-0.4, -0.2) is 33.9 Å². The van der Waals surface area contributed by atoms with Crippen molar-refractivity contribution in [2.75, 3.05) is 13.2 Å². The number of amides is 2. The fourth-order valence-corrected chi connectivity index (χ4v) is 2.96. The summed E-state index contributed by atoms with van der Waals surface area (Å²) in [4.78, 5) is 16.5. The van der Waals surface area contributed by atoms with Crippen LogP contribution in [0.5, 0.6) is 0 Å². The van der Waals surface area contributed by atoms with Gasteiger partial charge in [0, 0.05) is 19.7 Å². The van der Waals surface area contributed by atoms with E-state index >= 15 is 0 Å². The number of nitrogens with zero attached hydrogens (tertiary/aromatic N) is 3. The monoisotopic (exact) mass is 329 g/mol. The second kappa shape index (κ2) is 7.92. The van der Waals surface area contributed by atoms with Crippen molar-refractivity contribution in [1.29, 1.82) is 0 Å². The van der Waals surface area contributed by atoms with Crippen LogP contribution in [0.1, 0.15) is 43.3 Å². The van der Waals surface area contributed by atoms with Crippen LogP contribution in [0.4, 0.5) is 4.79 Å². The Kier molecular flexibility index (Phi) is 5.43. The Labute approximate surface area is 141 Å². The fraction of sp³-hybridized carbons (Fsp3) is 0.471. The molecule has 1 aliphatic rings. The largest absolute Gasteiger partial charge is 0.372 e. The van der Waals surface area contributed by atoms with Gasteiger partial charge in [-0.05, 0) is 25.3 Å². The van der Waals surface area contributed by atoms with Gasteiger partial charge >= 0.3 is 6.03 Å². The second-order valence-electron chi connectivity index (χ2n) is 5.75. The minimum absolute atomic E-state index is 0.0940. The summed E-state index contributed by atoms with van der Waals surface area (Å²) < 4.78 is 7.59. The average molecular weight is 329 g/mol. The summed E-state index contributed by atoms with van der Waals surface area (Å²) in [6.07, 6.45) is 3.23. The van der Waals surface area contributed by atoms with Gasteiger partial charge in [0.1, 0.15) is 12.2 Å². The van der Waals surface area contributed by atoms with Crippen molar-refractivity contribution < 1.29 is 9.53 Å². The summed E-state index contributed by atoms with van der Waals surface area (Å²) >= 11 is 0. The zero-order chi connectivity index (χ0) is 16.8. The molecule has 7 nitrogen and oxygen atoms in total. The van der Waals surface area contributed by atoms with Crippen molar-refractivity contribution in [3.63, 3.8) is 0 Å². The van der Waals surface area contributed by atoms with Gasteiger partial charge in [-0.25, -0.2) is 14.5 Å². The molecule has 2 heterocycles. The van der Waals surface area contributed by atoms with E-state index < -0.39 is 0 Å². The molecule has 0 unspecified atom stereocenters. The smallest absolute Gasteiger partial charge is 0.315 e. The lowest BCUT2D eigenvalue weighted by Gasteiger charge is -2.24. The van der Waals surface area contributed by atoms with Crippen LogP contribution in [0.25, 0.3) is 0 Å². The van der Waals surface area contributed by atoms with Gasteiger partial charge in [0.2, 0.25) is 0 Å². The molecule has 1 aromatic heterocycles. The standard InChI is InChI=1S/C17H23N5O2/c1-2-24-15(13-7-4-3-5-8-13)11-18-17(23)21-14-9-6-10-22-16(14)19-12-20-22/h3-5,7-8,12,14-15H,2,6,9-11H2,1H3,(H2,18,21,23)/t14-,15+/m1/s1. The molecule has 2 amide bonds. The van der Waals surface area contributed by atoms with Gasteiger partial charge in [-0.15, -0.1) is 0 Å². The van der Waals surface area contributed by atoms with Crippen molar-refractivity contribution in [2.45, 2.75) is 38.5 Å². The van der Waals surface area contributed by atoms with Gasteiger partial charge in [0.05, 0.1) is 12.1 Å². The van der Waals surface area contributed by atoms with Crippen molar-refractivity contribution in [3.05, 3.63) is 48.0 Å². The SMILES string of the molecule is CCO[C@@H](CNC(=O)N[C@@H]1CCCn2ncnc21)c1ccccc1. The number of benzene rings is 1. The van der Waals surface area contributed by atoms with Gasteiger partial charge in [-0.1, -0.05) is 30.3 Å². The van der Waals surface area contributed by atoms with Crippen LogP contribution in [0.15, 0.2) is 36.7 Å². The molecule has 0 radical (unpaired) electrons. The highest BCUT2D eigenvalue weighted by Gasteiger charge is 2.24. The van der Waals surface area contributed by atoms with Gasteiger partial charge in [0.15, 0.2) is 0 Å². The first-order valence-corrected chi connectivity index (χ1v) is 8.36. The summed E-state index contributed by atoms with van der Waals surface area (Å²) in [6, 6.07) is 9.60. The van der Waals surface area contributed by atoms with Crippen molar-refractivity contribution in [1.82, 2.24) is 25.4 Å². The third-order valence-corrected chi connectivity index (χ3v) is 4.11. The first-order chi connectivity index (χ1) is 11.8. The third-order valence-electron chi connectivity index (χ3n) is 4.11. The van der Waals surface area contributed by atoms with Crippen LogP contribution in [0, 0.1) is 0 Å². The van der Waals surface area contributed by atoms with E-state index in [2.05, 4.69) is 20.7 Å². The molecule has 0 spiro atoms. The van der Waals surface area contributed by atoms with E-state index in [0.717, 1.165) is 30.8 Å². The lowest BCUT2D eigenvalue weighted by atomic mass is 10.1. The Hall–Kier alpha value is -2.41. The number of urea groups is 1. The molecule has 3 rings (SSSR count). The van der Waals surface area contributed by atoms with Crippen LogP contribution in [0.3, 0.4) is 0 Å². The maximum Gasteiger partial charge on any atom is 0.315 e. The maximum atomic E-state index is 12.2. The van der Waals surface area contributed by atoms with Crippen molar-refractivity contribution in [3.8, 4) is 0 Å². The topological polar surface area (TPSA) is 81.1 Å². The minimum Gasteiger partial charge on any atom is -0.372 e. The Morgan fingerprint density at radius 1 is 1.42 bits per heavy atom. The third kappa shape index (κ3) is 3.91. The molecule has 2 atom stereocenters. The predicted octanol–water partition coefficient (Wildman–Crippen LogP) is 2.19. The number of fused-ring (bicyclic) bond motifs is 1. The number of carbonyl (C=O) groups is 1. The zero-order valence-electron chi connectivity index (χ0n) is 13.8. The molecule has 0 fully saturated rings. The van der Waals surface area contributed by atoms with Crippen LogP contribution < -0.4 is 10.6 Å². The summed E-state index contributed by atoms with van der Waals surface area (Å²) in [5, 5.41) is 10.1. The van der Waals surface area contributed by atoms with Crippen molar-refractivity contribution >= 4 is 6.03 Å². The van der Waals surface area contributed by atoms with Crippen LogP contribution >= 0.6 is 0 Å². The molecule has 0 saturated carbocycles. The second-order valence-corrected chi connectivity index (χ2v) is 5.75. The first-order valence-electron chi connectivity index (χ1n) is 8.36. The van der Waals surface area contributed by atoms with Crippen LogP contribution in [-0.2, 0) is 11.3 Å². The molecule has 1 aliphatic heterocycles. The van der Waals surface area contributed by atoms with Gasteiger partial charge in [-0.3, -0.25) is 0 Å². The molecule has 0 aliphatic carbocycles. The molecule has 1 aromatic carbocycles. The molecule has 2 aromatic rings. The highest BCUT2D eigenvalue weighted by atomic mass is 16.5. The highest BCUT2D eigenvalue weighted by molar-refractivity contribution is 5.74. The number of hydrogen-bond donors (Lipinski definition) is 2. The van der Waals surface area contributed by atoms with E-state index in [1.54, 1.807) is 0 Å². The predicted molar refractivity (Wildman–Crippen MR) is 89.3 cm³/mol. The number of rotatable bonds is 6. The number of nitrogens with one attached hydrogen (secondary N) is 2. The van der Waals surface area contributed by atoms with Gasteiger partial charge in [-0.2, -0.15) is 5.10 Å². The minimum atomic E-state index is -0.211. The van der Waals surface area contributed by atoms with E-state index in [-0.39, 0.29) is 18.2 Å². The summed E-state index contributed by atoms with van der Waals surface area (Å²) in [6.45, 7) is 3.82. The number of carbonyl (C=O) groups excluding carboxylic acids is 1. The Balaban J connectivity index is 1.55. The van der Waals surface area contributed by atoms with Crippen molar-refractivity contribution in [2.24, 2.45) is 0 Å². The van der Waals surface area contributed by atoms with E-state index in [4.69, 9.17) is 4.74 Å². The Bertz CT molecular complexity index is 658. The Morgan fingerprint density at radius 2 is 2.25 bits per heavy atom. The highest BCUT2D eigenvalue weighted by Crippen LogP contribution is 2.22. The lowest BCUT2D eigenvalue weighted by molar-refractivity contribution is 0.0638. The van der Waals surface area contributed by atoms with Gasteiger partial charge in [0.25, 0.3) is 0 Å². The summed E-state index contributed by atoms with van der Waals surface area (Å²) in [5.74, 6) is 0.820. The van der Waals surface area contributed by atoms with E-state index in [0.29, 0.717) is 13.2 Å². The molecule has 24 heavy (non-hydrogen) atoms. The van der Waals surface area contributed by atoms with Crippen LogP contribution in [0.2, 0.25) is 0 Å². The zero-order valence-corrected chi connectivity index (χ0v) is 13.8. The molecule has 0 bridgehead atoms. The molecular formula is C17H23N5O2. The summed E-state index contributed by atoms with van der Waals surface area (Å²) in [5.41, 5.74) is 1.05. The summed E-state index contributed by atoms with van der Waals surface area (Å²) in [7, 11) is 0. The molecule has 128 valence electrons. The normalized spacial score (nSPS) is 17.8. The first kappa shape index (κ1) is 16.4. The van der Waals surface area contributed by atoms with Gasteiger partial charge < -0.3 is 15.4 Å². The molecule has 0 saturated heterocycles. The number of aromatic nitrogens is 3. The number of ether oxygens (including phenoxy) is 1. The fourth-order valence-electron chi connectivity index (χ4n) is 2.96. The van der Waals surface area contributed by atoms with E-state index in [1.165, 1.54) is 6.33 Å². The maximum absolute atomic E-state index is 12.2. The molecular weight excluding hydrogens is 306 g/mol. The lowest BCUT2D eigenvalue weighted by Crippen LogP contribution is -2.41. The van der Waals surface area contributed by atoms with E-state index in [1.807, 2.05) is 41.9 Å². The Morgan fingerprint density at radius 3 is 3.04 bits per heavy atom. The molecule has 2 N–H and O–H groups in total.